The van der Waals surface area contributed by atoms with Gasteiger partial charge >= 0.3 is 0 Å². The minimum atomic E-state index is -3.66. The molecule has 5 nitrogen and oxygen atoms in total. The van der Waals surface area contributed by atoms with Gasteiger partial charge in [0.05, 0.1) is 4.90 Å². The van der Waals surface area contributed by atoms with Crippen LogP contribution in [0.5, 0.6) is 0 Å². The Kier molecular flexibility index (Phi) is 8.23. The lowest BCUT2D eigenvalue weighted by Crippen LogP contribution is -2.37. The fourth-order valence-electron chi connectivity index (χ4n) is 3.69. The Balaban J connectivity index is 1.77. The van der Waals surface area contributed by atoms with Gasteiger partial charge in [-0.15, -0.1) is 0 Å². The minimum absolute atomic E-state index is 0.00372. The number of nitrogens with one attached hydrogen (secondary N) is 1. The van der Waals surface area contributed by atoms with E-state index in [0.29, 0.717) is 18.8 Å². The predicted octanol–water partition coefficient (Wildman–Crippen LogP) is 3.70. The average molecular weight is 399 g/mol. The number of rotatable bonds is 10. The molecule has 2 atom stereocenters. The first-order valence-electron chi connectivity index (χ1n) is 9.86. The summed E-state index contributed by atoms with van der Waals surface area (Å²) in [5, 5.41) is 3.14. The van der Waals surface area contributed by atoms with E-state index in [1.165, 1.54) is 49.2 Å². The zero-order chi connectivity index (χ0) is 19.9. The Morgan fingerprint density at radius 1 is 1.22 bits per heavy atom. The zero-order valence-electron chi connectivity index (χ0n) is 16.3. The fraction of sp³-hybridized carbons (Fsp3) is 0.650. The molecule has 1 fully saturated rings. The lowest BCUT2D eigenvalue weighted by molar-refractivity contribution is -0.122. The molecule has 1 aromatic rings. The molecule has 1 amide bonds. The van der Waals surface area contributed by atoms with Crippen LogP contribution >= 0.6 is 0 Å². The lowest BCUT2D eigenvalue weighted by Gasteiger charge is -2.21. The number of nitrogens with zero attached hydrogens (tertiary/aromatic N) is 1. The molecule has 1 N–H and O–H groups in total. The van der Waals surface area contributed by atoms with Crippen molar-refractivity contribution in [1.82, 2.24) is 9.62 Å². The van der Waals surface area contributed by atoms with Crippen LogP contribution in [0, 0.1) is 11.7 Å². The number of carbonyl (C=O) groups excluding carboxylic acids is 1. The number of amides is 1. The van der Waals surface area contributed by atoms with E-state index in [9.17, 15) is 17.6 Å². The van der Waals surface area contributed by atoms with Crippen molar-refractivity contribution >= 4 is 15.9 Å². The van der Waals surface area contributed by atoms with E-state index in [-0.39, 0.29) is 23.4 Å². The standard InChI is InChI=1S/C20H31FN2O3S/c1-3-4-7-16-8-5-9-19(16)22-20(24)10-6-15-23(2)27(25,26)18-13-11-17(21)12-14-18/h11-14,16,19H,3-10,15H2,1-2H3,(H,22,24). The predicted molar refractivity (Wildman–Crippen MR) is 104 cm³/mol. The molecule has 0 aliphatic heterocycles. The highest BCUT2D eigenvalue weighted by molar-refractivity contribution is 7.89. The van der Waals surface area contributed by atoms with Crippen molar-refractivity contribution < 1.29 is 17.6 Å². The molecule has 7 heteroatoms. The van der Waals surface area contributed by atoms with Crippen molar-refractivity contribution in [2.24, 2.45) is 5.92 Å². The molecule has 1 aromatic carbocycles. The SMILES string of the molecule is CCCCC1CCCC1NC(=O)CCCN(C)S(=O)(=O)c1ccc(F)cc1. The molecule has 0 spiro atoms. The second-order valence-electron chi connectivity index (χ2n) is 7.39. The normalized spacial score (nSPS) is 20.1. The Bertz CT molecular complexity index is 706. The van der Waals surface area contributed by atoms with Crippen molar-refractivity contribution in [2.45, 2.75) is 69.2 Å². The third kappa shape index (κ3) is 6.28. The maximum absolute atomic E-state index is 13.0. The molecule has 0 saturated heterocycles. The molecule has 0 heterocycles. The summed E-state index contributed by atoms with van der Waals surface area (Å²) in [6.07, 6.45) is 7.69. The van der Waals surface area contributed by atoms with Gasteiger partial charge in [-0.1, -0.05) is 26.2 Å². The molecule has 0 aromatic heterocycles. The molecule has 1 aliphatic rings. The molecule has 2 unspecified atom stereocenters. The summed E-state index contributed by atoms with van der Waals surface area (Å²) < 4.78 is 39.1. The van der Waals surface area contributed by atoms with E-state index >= 15 is 0 Å². The molecule has 0 radical (unpaired) electrons. The van der Waals surface area contributed by atoms with Gasteiger partial charge in [0.15, 0.2) is 0 Å². The van der Waals surface area contributed by atoms with Gasteiger partial charge in [0.2, 0.25) is 15.9 Å². The topological polar surface area (TPSA) is 66.5 Å². The number of benzene rings is 1. The van der Waals surface area contributed by atoms with Crippen LogP contribution in [0.4, 0.5) is 4.39 Å². The summed E-state index contributed by atoms with van der Waals surface area (Å²) >= 11 is 0. The van der Waals surface area contributed by atoms with E-state index in [1.54, 1.807) is 0 Å². The van der Waals surface area contributed by atoms with Gasteiger partial charge in [0, 0.05) is 26.1 Å². The number of unbranched alkanes of at least 4 members (excludes halogenated alkanes) is 1. The Morgan fingerprint density at radius 3 is 2.59 bits per heavy atom. The second-order valence-corrected chi connectivity index (χ2v) is 9.44. The summed E-state index contributed by atoms with van der Waals surface area (Å²) in [5.41, 5.74) is 0. The van der Waals surface area contributed by atoms with Crippen molar-refractivity contribution in [3.63, 3.8) is 0 Å². The van der Waals surface area contributed by atoms with Crippen LogP contribution in [0.2, 0.25) is 0 Å². The molecule has 1 saturated carbocycles. The van der Waals surface area contributed by atoms with Crippen molar-refractivity contribution in [2.75, 3.05) is 13.6 Å². The van der Waals surface area contributed by atoms with Crippen LogP contribution in [-0.2, 0) is 14.8 Å². The quantitative estimate of drug-likeness (QED) is 0.653. The van der Waals surface area contributed by atoms with E-state index < -0.39 is 15.8 Å². The van der Waals surface area contributed by atoms with Crippen LogP contribution in [0.3, 0.4) is 0 Å². The van der Waals surface area contributed by atoms with Gasteiger partial charge in [-0.25, -0.2) is 17.1 Å². The number of hydrogen-bond donors (Lipinski definition) is 1. The smallest absolute Gasteiger partial charge is 0.242 e. The molecule has 0 bridgehead atoms. The first-order valence-corrected chi connectivity index (χ1v) is 11.3. The highest BCUT2D eigenvalue weighted by Crippen LogP contribution is 2.30. The molecule has 152 valence electrons. The van der Waals surface area contributed by atoms with Crippen LogP contribution in [-0.4, -0.2) is 38.3 Å². The van der Waals surface area contributed by atoms with Gasteiger partial charge in [0.25, 0.3) is 0 Å². The molecular formula is C20H31FN2O3S. The fourth-order valence-corrected chi connectivity index (χ4v) is 4.90. The number of hydrogen-bond acceptors (Lipinski definition) is 3. The maximum atomic E-state index is 13.0. The van der Waals surface area contributed by atoms with Crippen molar-refractivity contribution in [3.05, 3.63) is 30.1 Å². The van der Waals surface area contributed by atoms with Gasteiger partial charge in [-0.3, -0.25) is 4.79 Å². The van der Waals surface area contributed by atoms with Gasteiger partial charge < -0.3 is 5.32 Å². The molecular weight excluding hydrogens is 367 g/mol. The van der Waals surface area contributed by atoms with E-state index in [2.05, 4.69) is 12.2 Å². The average Bonchev–Trinajstić information content (AvgIpc) is 3.07. The van der Waals surface area contributed by atoms with E-state index in [4.69, 9.17) is 0 Å². The van der Waals surface area contributed by atoms with Gasteiger partial charge in [-0.05, 0) is 55.9 Å². The molecule has 27 heavy (non-hydrogen) atoms. The molecule has 1 aliphatic carbocycles. The third-order valence-corrected chi connectivity index (χ3v) is 7.20. The summed E-state index contributed by atoms with van der Waals surface area (Å²) in [6.45, 7) is 2.43. The van der Waals surface area contributed by atoms with Crippen molar-refractivity contribution in [3.8, 4) is 0 Å². The minimum Gasteiger partial charge on any atom is -0.353 e. The highest BCUT2D eigenvalue weighted by Gasteiger charge is 2.28. The zero-order valence-corrected chi connectivity index (χ0v) is 17.1. The van der Waals surface area contributed by atoms with Crippen molar-refractivity contribution in [1.29, 1.82) is 0 Å². The summed E-state index contributed by atoms with van der Waals surface area (Å²) in [4.78, 5) is 12.3. The first-order chi connectivity index (χ1) is 12.8. The van der Waals surface area contributed by atoms with Gasteiger partial charge in [0.1, 0.15) is 5.82 Å². The Hall–Kier alpha value is -1.47. The first kappa shape index (κ1) is 21.8. The highest BCUT2D eigenvalue weighted by atomic mass is 32.2. The second kappa shape index (κ2) is 10.2. The third-order valence-electron chi connectivity index (χ3n) is 5.33. The number of sulfonamides is 1. The van der Waals surface area contributed by atoms with E-state index in [1.807, 2.05) is 0 Å². The Morgan fingerprint density at radius 2 is 1.93 bits per heavy atom. The van der Waals surface area contributed by atoms with Crippen LogP contribution in [0.1, 0.15) is 58.3 Å². The summed E-state index contributed by atoms with van der Waals surface area (Å²) in [6, 6.07) is 5.04. The molecule has 2 rings (SSSR count). The summed E-state index contributed by atoms with van der Waals surface area (Å²) in [5.74, 6) is 0.101. The number of halogens is 1. The monoisotopic (exact) mass is 398 g/mol. The van der Waals surface area contributed by atoms with E-state index in [0.717, 1.165) is 25.0 Å². The van der Waals surface area contributed by atoms with Crippen LogP contribution < -0.4 is 5.32 Å². The summed E-state index contributed by atoms with van der Waals surface area (Å²) in [7, 11) is -2.18. The van der Waals surface area contributed by atoms with Crippen LogP contribution in [0.25, 0.3) is 0 Å². The van der Waals surface area contributed by atoms with Crippen LogP contribution in [0.15, 0.2) is 29.2 Å². The lowest BCUT2D eigenvalue weighted by atomic mass is 9.96. The number of carbonyl (C=O) groups is 1. The Labute approximate surface area is 162 Å². The maximum Gasteiger partial charge on any atom is 0.242 e. The largest absolute Gasteiger partial charge is 0.353 e. The van der Waals surface area contributed by atoms with Gasteiger partial charge in [-0.2, -0.15) is 0 Å².